The highest BCUT2D eigenvalue weighted by molar-refractivity contribution is 7.97. The predicted octanol–water partition coefficient (Wildman–Crippen LogP) is 2.34. The fourth-order valence-electron chi connectivity index (χ4n) is 2.60. The first-order valence-electron chi connectivity index (χ1n) is 6.63. The Balaban J connectivity index is 2.12. The Labute approximate surface area is 123 Å². The molecular formula is C15H19NO3S. The maximum absolute atomic E-state index is 12.4. The molecule has 1 heterocycles. The molecule has 0 spiro atoms. The zero-order valence-corrected chi connectivity index (χ0v) is 12.5. The van der Waals surface area contributed by atoms with Crippen LogP contribution in [-0.4, -0.2) is 41.2 Å². The average molecular weight is 293 g/mol. The summed E-state index contributed by atoms with van der Waals surface area (Å²) in [5.74, 6) is -0.457. The van der Waals surface area contributed by atoms with Crippen LogP contribution in [0.5, 0.6) is 0 Å². The van der Waals surface area contributed by atoms with Gasteiger partial charge in [0.15, 0.2) is 0 Å². The third-order valence-corrected chi connectivity index (χ3v) is 4.32. The van der Waals surface area contributed by atoms with Crippen molar-refractivity contribution in [3.63, 3.8) is 0 Å². The second-order valence-corrected chi connectivity index (χ2v) is 6.13. The first kappa shape index (κ1) is 14.9. The highest BCUT2D eigenvalue weighted by Crippen LogP contribution is 2.25. The van der Waals surface area contributed by atoms with E-state index >= 15 is 0 Å². The Kier molecular flexibility index (Phi) is 4.70. The van der Waals surface area contributed by atoms with Crippen molar-refractivity contribution in [1.29, 1.82) is 0 Å². The molecule has 0 bridgehead atoms. The number of thioether (sulfide) groups is 1. The molecule has 0 aromatic heterocycles. The lowest BCUT2D eigenvalue weighted by molar-refractivity contribution is -0.142. The van der Waals surface area contributed by atoms with Crippen LogP contribution >= 0.6 is 11.8 Å². The predicted molar refractivity (Wildman–Crippen MR) is 79.9 cm³/mol. The van der Waals surface area contributed by atoms with E-state index in [4.69, 9.17) is 5.11 Å². The van der Waals surface area contributed by atoms with Gasteiger partial charge in [0.25, 0.3) is 5.91 Å². The molecule has 1 aliphatic rings. The first-order chi connectivity index (χ1) is 9.52. The standard InChI is InChI=1S/C15H19NO3S/c1-10-7-16(8-13(10)15(18)19)14(17)12-5-3-4-11(6-12)9-20-2/h3-6,10,13H,7-9H2,1-2H3,(H,18,19)/t10-,13-/m1/s1. The lowest BCUT2D eigenvalue weighted by atomic mass is 9.99. The molecule has 4 nitrogen and oxygen atoms in total. The van der Waals surface area contributed by atoms with Crippen molar-refractivity contribution in [2.45, 2.75) is 12.7 Å². The minimum absolute atomic E-state index is 0.00540. The van der Waals surface area contributed by atoms with Gasteiger partial charge in [0.05, 0.1) is 5.92 Å². The zero-order chi connectivity index (χ0) is 14.7. The summed E-state index contributed by atoms with van der Waals surface area (Å²) in [4.78, 5) is 25.2. The molecule has 0 aliphatic carbocycles. The number of hydrogen-bond donors (Lipinski definition) is 1. The number of rotatable bonds is 4. The van der Waals surface area contributed by atoms with Gasteiger partial charge in [0.2, 0.25) is 0 Å². The number of carboxylic acids is 1. The van der Waals surface area contributed by atoms with E-state index < -0.39 is 11.9 Å². The Bertz CT molecular complexity index is 518. The highest BCUT2D eigenvalue weighted by Gasteiger charge is 2.37. The van der Waals surface area contributed by atoms with Crippen molar-refractivity contribution in [2.24, 2.45) is 11.8 Å². The van der Waals surface area contributed by atoms with E-state index in [1.54, 1.807) is 22.7 Å². The van der Waals surface area contributed by atoms with Crippen LogP contribution in [0.4, 0.5) is 0 Å². The summed E-state index contributed by atoms with van der Waals surface area (Å²) in [5, 5.41) is 9.13. The number of aliphatic carboxylic acids is 1. The molecule has 2 atom stereocenters. The molecule has 1 saturated heterocycles. The quantitative estimate of drug-likeness (QED) is 0.925. The average Bonchev–Trinajstić information content (AvgIpc) is 2.81. The lowest BCUT2D eigenvalue weighted by Gasteiger charge is -2.16. The summed E-state index contributed by atoms with van der Waals surface area (Å²) in [7, 11) is 0. The monoisotopic (exact) mass is 293 g/mol. The van der Waals surface area contributed by atoms with E-state index in [1.807, 2.05) is 31.4 Å². The van der Waals surface area contributed by atoms with Gasteiger partial charge >= 0.3 is 5.97 Å². The number of likely N-dealkylation sites (tertiary alicyclic amines) is 1. The highest BCUT2D eigenvalue weighted by atomic mass is 32.2. The summed E-state index contributed by atoms with van der Waals surface area (Å²) in [6, 6.07) is 7.58. The summed E-state index contributed by atoms with van der Waals surface area (Å²) < 4.78 is 0. The number of benzene rings is 1. The molecule has 1 aromatic rings. The zero-order valence-electron chi connectivity index (χ0n) is 11.7. The molecule has 0 radical (unpaired) electrons. The summed E-state index contributed by atoms with van der Waals surface area (Å²) in [6.45, 7) is 2.71. The van der Waals surface area contributed by atoms with Gasteiger partial charge in [-0.1, -0.05) is 19.1 Å². The third-order valence-electron chi connectivity index (χ3n) is 3.70. The summed E-state index contributed by atoms with van der Waals surface area (Å²) >= 11 is 1.71. The molecule has 20 heavy (non-hydrogen) atoms. The molecule has 1 aliphatic heterocycles. The molecule has 1 aromatic carbocycles. The Morgan fingerprint density at radius 3 is 2.75 bits per heavy atom. The topological polar surface area (TPSA) is 57.6 Å². The maximum Gasteiger partial charge on any atom is 0.308 e. The first-order valence-corrected chi connectivity index (χ1v) is 8.02. The van der Waals surface area contributed by atoms with Gasteiger partial charge in [-0.05, 0) is 29.9 Å². The van der Waals surface area contributed by atoms with E-state index in [2.05, 4.69) is 0 Å². The molecule has 0 saturated carbocycles. The smallest absolute Gasteiger partial charge is 0.308 e. The van der Waals surface area contributed by atoms with Gasteiger partial charge in [-0.2, -0.15) is 11.8 Å². The van der Waals surface area contributed by atoms with E-state index in [9.17, 15) is 9.59 Å². The van der Waals surface area contributed by atoms with Crippen LogP contribution in [0.3, 0.4) is 0 Å². The number of carbonyl (C=O) groups is 2. The van der Waals surface area contributed by atoms with Crippen LogP contribution in [0.2, 0.25) is 0 Å². The Morgan fingerprint density at radius 2 is 2.15 bits per heavy atom. The molecule has 1 fully saturated rings. The maximum atomic E-state index is 12.4. The van der Waals surface area contributed by atoms with Gasteiger partial charge in [-0.15, -0.1) is 0 Å². The molecule has 1 N–H and O–H groups in total. The fraction of sp³-hybridized carbons (Fsp3) is 0.467. The van der Waals surface area contributed by atoms with Gasteiger partial charge in [0, 0.05) is 24.4 Å². The van der Waals surface area contributed by atoms with Crippen molar-refractivity contribution in [1.82, 2.24) is 4.90 Å². The van der Waals surface area contributed by atoms with Crippen LogP contribution in [0.15, 0.2) is 24.3 Å². The van der Waals surface area contributed by atoms with Crippen LogP contribution in [-0.2, 0) is 10.5 Å². The SMILES string of the molecule is CSCc1cccc(C(=O)N2C[C@@H](C)[C@H](C(=O)O)C2)c1. The van der Waals surface area contributed by atoms with Gasteiger partial charge in [0.1, 0.15) is 0 Å². The second kappa shape index (κ2) is 6.31. The second-order valence-electron chi connectivity index (χ2n) is 5.27. The van der Waals surface area contributed by atoms with E-state index in [0.717, 1.165) is 11.3 Å². The van der Waals surface area contributed by atoms with E-state index in [0.29, 0.717) is 18.7 Å². The van der Waals surface area contributed by atoms with Crippen molar-refractivity contribution >= 4 is 23.6 Å². The minimum Gasteiger partial charge on any atom is -0.481 e. The molecule has 1 amide bonds. The molecule has 108 valence electrons. The number of amides is 1. The van der Waals surface area contributed by atoms with Crippen molar-refractivity contribution in [2.75, 3.05) is 19.3 Å². The number of carbonyl (C=O) groups excluding carboxylic acids is 1. The molecule has 5 heteroatoms. The molecule has 0 unspecified atom stereocenters. The van der Waals surface area contributed by atoms with Crippen molar-refractivity contribution < 1.29 is 14.7 Å². The molecular weight excluding hydrogens is 274 g/mol. The van der Waals surface area contributed by atoms with Crippen LogP contribution in [0, 0.1) is 11.8 Å². The number of nitrogens with zero attached hydrogens (tertiary/aromatic N) is 1. The van der Waals surface area contributed by atoms with Crippen molar-refractivity contribution in [3.8, 4) is 0 Å². The molecule has 2 rings (SSSR count). The summed E-state index contributed by atoms with van der Waals surface area (Å²) in [6.07, 6.45) is 2.02. The lowest BCUT2D eigenvalue weighted by Crippen LogP contribution is -2.30. The van der Waals surface area contributed by atoms with Crippen LogP contribution in [0.1, 0.15) is 22.8 Å². The van der Waals surface area contributed by atoms with Gasteiger partial charge in [-0.3, -0.25) is 9.59 Å². The fourth-order valence-corrected chi connectivity index (χ4v) is 3.11. The Morgan fingerprint density at radius 1 is 1.40 bits per heavy atom. The Hall–Kier alpha value is -1.49. The number of hydrogen-bond acceptors (Lipinski definition) is 3. The minimum atomic E-state index is -0.816. The normalized spacial score (nSPS) is 22.0. The largest absolute Gasteiger partial charge is 0.481 e. The van der Waals surface area contributed by atoms with Crippen molar-refractivity contribution in [3.05, 3.63) is 35.4 Å². The number of carboxylic acid groups (broad SMARTS) is 1. The van der Waals surface area contributed by atoms with Gasteiger partial charge in [-0.25, -0.2) is 0 Å². The van der Waals surface area contributed by atoms with E-state index in [1.165, 1.54) is 0 Å². The van der Waals surface area contributed by atoms with Crippen LogP contribution < -0.4 is 0 Å². The third kappa shape index (κ3) is 3.15. The van der Waals surface area contributed by atoms with Crippen LogP contribution in [0.25, 0.3) is 0 Å². The van der Waals surface area contributed by atoms with Gasteiger partial charge < -0.3 is 10.0 Å². The van der Waals surface area contributed by atoms with E-state index in [-0.39, 0.29) is 11.8 Å². The summed E-state index contributed by atoms with van der Waals surface area (Å²) in [5.41, 5.74) is 1.76.